The third kappa shape index (κ3) is 4.76. The van der Waals surface area contributed by atoms with Gasteiger partial charge < -0.3 is 9.30 Å². The number of hydrogen-bond acceptors (Lipinski definition) is 6. The predicted octanol–water partition coefficient (Wildman–Crippen LogP) is 3.58. The van der Waals surface area contributed by atoms with Gasteiger partial charge in [0, 0.05) is 23.2 Å². The topological polar surface area (TPSA) is 104 Å². The number of methoxy groups -OCH3 is 1. The molecule has 0 spiro atoms. The molecule has 1 heterocycles. The minimum absolute atomic E-state index is 0.134. The molecule has 1 aromatic heterocycles. The van der Waals surface area contributed by atoms with Crippen LogP contribution in [0.4, 0.5) is 5.69 Å². The maximum absolute atomic E-state index is 12.3. The van der Waals surface area contributed by atoms with E-state index in [1.165, 1.54) is 36.0 Å². The van der Waals surface area contributed by atoms with Gasteiger partial charge in [0.1, 0.15) is 6.54 Å². The monoisotopic (exact) mass is 431 g/mol. The molecule has 0 atom stereocenters. The van der Waals surface area contributed by atoms with Crippen molar-refractivity contribution >= 4 is 56.8 Å². The van der Waals surface area contributed by atoms with Crippen LogP contribution in [0, 0.1) is 10.1 Å². The quantitative estimate of drug-likeness (QED) is 0.266. The second-order valence-corrected chi connectivity index (χ2v) is 7.18. The van der Waals surface area contributed by atoms with Gasteiger partial charge in [0.2, 0.25) is 0 Å². The highest BCUT2D eigenvalue weighted by Gasteiger charge is 2.15. The zero-order chi connectivity index (χ0) is 21.0. The summed E-state index contributed by atoms with van der Waals surface area (Å²) in [7, 11) is 1.23. The SMILES string of the molecule is COC(=O)Cn1c(=NC(=O)/C=C/c2ccccc2Cl)sc2ccc([N+](=O)[O-])cc21. The number of rotatable bonds is 5. The fourth-order valence-electron chi connectivity index (χ4n) is 2.51. The molecule has 148 valence electrons. The third-order valence-corrected chi connectivity index (χ3v) is 5.31. The van der Waals surface area contributed by atoms with Crippen molar-refractivity contribution in [1.29, 1.82) is 0 Å². The summed E-state index contributed by atoms with van der Waals surface area (Å²) < 4.78 is 6.74. The van der Waals surface area contributed by atoms with Gasteiger partial charge in [-0.05, 0) is 23.8 Å². The molecule has 0 saturated carbocycles. The minimum Gasteiger partial charge on any atom is -0.468 e. The Bertz CT molecular complexity index is 1210. The first-order chi connectivity index (χ1) is 13.9. The van der Waals surface area contributed by atoms with Crippen molar-refractivity contribution in [1.82, 2.24) is 4.57 Å². The van der Waals surface area contributed by atoms with E-state index in [1.807, 2.05) is 0 Å². The molecule has 0 N–H and O–H groups in total. The lowest BCUT2D eigenvalue weighted by atomic mass is 10.2. The number of nitro benzene ring substituents is 1. The Balaban J connectivity index is 2.05. The molecule has 0 aliphatic heterocycles. The number of carbonyl (C=O) groups excluding carboxylic acids is 2. The zero-order valence-corrected chi connectivity index (χ0v) is 16.6. The number of nitro groups is 1. The molecule has 0 saturated heterocycles. The van der Waals surface area contributed by atoms with Crippen LogP contribution in [0.15, 0.2) is 53.5 Å². The molecule has 29 heavy (non-hydrogen) atoms. The minimum atomic E-state index is -0.572. The van der Waals surface area contributed by atoms with Crippen molar-refractivity contribution in [3.63, 3.8) is 0 Å². The van der Waals surface area contributed by atoms with E-state index in [0.29, 0.717) is 20.8 Å². The predicted molar refractivity (Wildman–Crippen MR) is 110 cm³/mol. The van der Waals surface area contributed by atoms with E-state index in [4.69, 9.17) is 11.6 Å². The number of carbonyl (C=O) groups is 2. The van der Waals surface area contributed by atoms with E-state index in [-0.39, 0.29) is 17.0 Å². The van der Waals surface area contributed by atoms with Crippen LogP contribution >= 0.6 is 22.9 Å². The number of nitrogens with zero attached hydrogens (tertiary/aromatic N) is 3. The van der Waals surface area contributed by atoms with Crippen LogP contribution in [0.5, 0.6) is 0 Å². The molecule has 8 nitrogen and oxygen atoms in total. The number of hydrogen-bond donors (Lipinski definition) is 0. The second-order valence-electron chi connectivity index (χ2n) is 5.76. The van der Waals surface area contributed by atoms with Gasteiger partial charge in [-0.25, -0.2) is 0 Å². The van der Waals surface area contributed by atoms with Crippen molar-refractivity contribution in [3.05, 3.63) is 74.0 Å². The number of aromatic nitrogens is 1. The van der Waals surface area contributed by atoms with Gasteiger partial charge in [0.05, 0.1) is 22.2 Å². The number of esters is 1. The van der Waals surface area contributed by atoms with E-state index >= 15 is 0 Å². The number of thiazole rings is 1. The summed E-state index contributed by atoms with van der Waals surface area (Å²) in [6.45, 7) is -0.238. The molecule has 2 aromatic carbocycles. The van der Waals surface area contributed by atoms with Crippen LogP contribution in [0.3, 0.4) is 0 Å². The Morgan fingerprint density at radius 2 is 2.07 bits per heavy atom. The van der Waals surface area contributed by atoms with Crippen LogP contribution in [0.2, 0.25) is 5.02 Å². The normalized spacial score (nSPS) is 11.9. The van der Waals surface area contributed by atoms with Crippen LogP contribution in [0.1, 0.15) is 5.56 Å². The molecule has 0 radical (unpaired) electrons. The number of non-ortho nitro benzene ring substituents is 1. The first-order valence-electron chi connectivity index (χ1n) is 8.25. The molecule has 0 aliphatic rings. The van der Waals surface area contributed by atoms with E-state index in [0.717, 1.165) is 11.3 Å². The standard InChI is InChI=1S/C19H14ClN3O5S/c1-28-18(25)11-22-15-10-13(23(26)27)7-8-16(15)29-19(22)21-17(24)9-6-12-4-2-3-5-14(12)20/h2-10H,11H2,1H3/b9-6+,21-19?. The zero-order valence-electron chi connectivity index (χ0n) is 15.1. The van der Waals surface area contributed by atoms with E-state index in [2.05, 4.69) is 9.73 Å². The lowest BCUT2D eigenvalue weighted by Gasteiger charge is -2.03. The average Bonchev–Trinajstić information content (AvgIpc) is 3.03. The van der Waals surface area contributed by atoms with Gasteiger partial charge in [-0.3, -0.25) is 19.7 Å². The maximum Gasteiger partial charge on any atom is 0.325 e. The van der Waals surface area contributed by atoms with E-state index < -0.39 is 16.8 Å². The second kappa shape index (κ2) is 8.80. The summed E-state index contributed by atoms with van der Waals surface area (Å²) in [5.41, 5.74) is 0.939. The fraction of sp³-hybridized carbons (Fsp3) is 0.105. The highest BCUT2D eigenvalue weighted by Crippen LogP contribution is 2.23. The van der Waals surface area contributed by atoms with Gasteiger partial charge in [0.25, 0.3) is 11.6 Å². The highest BCUT2D eigenvalue weighted by molar-refractivity contribution is 7.16. The van der Waals surface area contributed by atoms with E-state index in [9.17, 15) is 19.7 Å². The lowest BCUT2D eigenvalue weighted by Crippen LogP contribution is -2.22. The Morgan fingerprint density at radius 1 is 1.31 bits per heavy atom. The Morgan fingerprint density at radius 3 is 2.76 bits per heavy atom. The molecular formula is C19H14ClN3O5S. The van der Waals surface area contributed by atoms with Gasteiger partial charge in [-0.2, -0.15) is 4.99 Å². The third-order valence-electron chi connectivity index (χ3n) is 3.91. The Kier molecular flexibility index (Phi) is 6.20. The summed E-state index contributed by atoms with van der Waals surface area (Å²) in [4.78, 5) is 38.9. The number of fused-ring (bicyclic) bond motifs is 1. The molecule has 0 aliphatic carbocycles. The molecule has 0 bridgehead atoms. The van der Waals surface area contributed by atoms with Crippen molar-refractivity contribution < 1.29 is 19.2 Å². The number of benzene rings is 2. The Hall–Kier alpha value is -3.30. The average molecular weight is 432 g/mol. The Labute approximate surface area is 173 Å². The smallest absolute Gasteiger partial charge is 0.325 e. The molecule has 3 rings (SSSR count). The molecule has 10 heteroatoms. The molecule has 0 unspecified atom stereocenters. The van der Waals surface area contributed by atoms with Crippen LogP contribution < -0.4 is 4.80 Å². The van der Waals surface area contributed by atoms with Gasteiger partial charge in [0.15, 0.2) is 4.80 Å². The van der Waals surface area contributed by atoms with Gasteiger partial charge >= 0.3 is 5.97 Å². The fourth-order valence-corrected chi connectivity index (χ4v) is 3.72. The summed E-state index contributed by atoms with van der Waals surface area (Å²) in [5.74, 6) is -1.14. The molecule has 3 aromatic rings. The summed E-state index contributed by atoms with van der Waals surface area (Å²) in [6, 6.07) is 11.2. The molecular weight excluding hydrogens is 418 g/mol. The van der Waals surface area contributed by atoms with E-state index in [1.54, 1.807) is 30.3 Å². The summed E-state index contributed by atoms with van der Waals surface area (Å²) in [5, 5.41) is 11.6. The van der Waals surface area contributed by atoms with Crippen molar-refractivity contribution in [2.75, 3.05) is 7.11 Å². The van der Waals surface area contributed by atoms with Crippen LogP contribution in [-0.2, 0) is 20.9 Å². The number of ether oxygens (including phenoxy) is 1. The van der Waals surface area contributed by atoms with Crippen LogP contribution in [-0.4, -0.2) is 28.5 Å². The lowest BCUT2D eigenvalue weighted by molar-refractivity contribution is -0.384. The molecule has 0 fully saturated rings. The van der Waals surface area contributed by atoms with Gasteiger partial charge in [-0.1, -0.05) is 41.1 Å². The molecule has 1 amide bonds. The summed E-state index contributed by atoms with van der Waals surface area (Å²) in [6.07, 6.45) is 2.80. The first kappa shape index (κ1) is 20.4. The summed E-state index contributed by atoms with van der Waals surface area (Å²) >= 11 is 7.19. The van der Waals surface area contributed by atoms with Crippen molar-refractivity contribution in [3.8, 4) is 0 Å². The van der Waals surface area contributed by atoms with Crippen molar-refractivity contribution in [2.24, 2.45) is 4.99 Å². The van der Waals surface area contributed by atoms with Crippen LogP contribution in [0.25, 0.3) is 16.3 Å². The highest BCUT2D eigenvalue weighted by atomic mass is 35.5. The maximum atomic E-state index is 12.3. The first-order valence-corrected chi connectivity index (χ1v) is 9.44. The van der Waals surface area contributed by atoms with Gasteiger partial charge in [-0.15, -0.1) is 0 Å². The van der Waals surface area contributed by atoms with Crippen molar-refractivity contribution in [2.45, 2.75) is 6.54 Å². The number of amides is 1. The number of halogens is 1. The largest absolute Gasteiger partial charge is 0.468 e.